The fourth-order valence-electron chi connectivity index (χ4n) is 6.28. The zero-order valence-corrected chi connectivity index (χ0v) is 27.5. The Balaban J connectivity index is 1.74. The minimum atomic E-state index is -4.53. The van der Waals surface area contributed by atoms with Crippen LogP contribution in [0, 0.1) is 10.8 Å². The summed E-state index contributed by atoms with van der Waals surface area (Å²) in [5.74, 6) is 0.610. The SMILES string of the molecule is CC(C)(C)C1=CCC2=C1CCC1=C(CC=C1C(C)(C)C)c1cc(C(F)(F)F)ccc1[O][Zr][O]c1ccc(C(F)(F)F)cc12. The molecule has 3 aliphatic rings. The van der Waals surface area contributed by atoms with Gasteiger partial charge in [-0.1, -0.05) is 0 Å². The van der Waals surface area contributed by atoms with Crippen molar-refractivity contribution in [3.05, 3.63) is 93.1 Å². The second-order valence-electron chi connectivity index (χ2n) is 13.3. The third-order valence-corrected chi connectivity index (χ3v) is 9.70. The van der Waals surface area contributed by atoms with E-state index in [9.17, 15) is 26.3 Å². The molecule has 0 atom stereocenters. The molecule has 0 saturated heterocycles. The molecule has 2 aromatic rings. The predicted molar refractivity (Wildman–Crippen MR) is 152 cm³/mol. The van der Waals surface area contributed by atoms with Crippen molar-refractivity contribution in [1.29, 1.82) is 0 Å². The molecular formula is C34H34F6O2Zr. The van der Waals surface area contributed by atoms with Crippen LogP contribution < -0.4 is 5.63 Å². The summed E-state index contributed by atoms with van der Waals surface area (Å²) in [5.41, 5.74) is 4.40. The van der Waals surface area contributed by atoms with Crippen molar-refractivity contribution >= 4 is 11.1 Å². The van der Waals surface area contributed by atoms with Crippen molar-refractivity contribution < 1.29 is 56.1 Å². The van der Waals surface area contributed by atoms with Gasteiger partial charge in [-0.2, -0.15) is 0 Å². The number of hydrogen-bond acceptors (Lipinski definition) is 2. The molecule has 5 rings (SSSR count). The number of allylic oxidation sites excluding steroid dienone is 8. The topological polar surface area (TPSA) is 18.5 Å². The molecule has 1 heterocycles. The molecule has 0 N–H and O–H groups in total. The van der Waals surface area contributed by atoms with Crippen LogP contribution in [0.15, 0.2) is 70.8 Å². The fourth-order valence-corrected chi connectivity index (χ4v) is 7.70. The van der Waals surface area contributed by atoms with E-state index in [4.69, 9.17) is 5.63 Å². The minimum absolute atomic E-state index is 0.267. The Bertz CT molecular complexity index is 1460. The summed E-state index contributed by atoms with van der Waals surface area (Å²) in [5, 5.41) is 0. The Morgan fingerprint density at radius 3 is 1.26 bits per heavy atom. The number of rotatable bonds is 0. The molecule has 0 bridgehead atoms. The van der Waals surface area contributed by atoms with E-state index in [-0.39, 0.29) is 10.8 Å². The van der Waals surface area contributed by atoms with Gasteiger partial charge in [0.25, 0.3) is 0 Å². The van der Waals surface area contributed by atoms with Gasteiger partial charge in [0, 0.05) is 0 Å². The van der Waals surface area contributed by atoms with Crippen LogP contribution in [-0.4, -0.2) is 0 Å². The maximum absolute atomic E-state index is 13.9. The molecule has 2 aliphatic carbocycles. The van der Waals surface area contributed by atoms with Gasteiger partial charge >= 0.3 is 262 Å². The molecule has 0 amide bonds. The number of alkyl halides is 6. The van der Waals surface area contributed by atoms with E-state index in [1.54, 1.807) is 0 Å². The molecule has 2 aromatic carbocycles. The molecule has 0 saturated carbocycles. The van der Waals surface area contributed by atoms with Crippen LogP contribution in [0.3, 0.4) is 0 Å². The Hall–Kier alpha value is -2.54. The average molecular weight is 680 g/mol. The third-order valence-electron chi connectivity index (χ3n) is 8.21. The summed E-state index contributed by atoms with van der Waals surface area (Å²) in [4.78, 5) is 0. The van der Waals surface area contributed by atoms with E-state index < -0.39 is 47.6 Å². The van der Waals surface area contributed by atoms with Crippen molar-refractivity contribution in [2.45, 2.75) is 79.6 Å². The van der Waals surface area contributed by atoms with Crippen LogP contribution >= 0.6 is 0 Å². The van der Waals surface area contributed by atoms with Crippen LogP contribution in [0.25, 0.3) is 11.1 Å². The first-order chi connectivity index (χ1) is 19.9. The number of benzene rings is 2. The quantitative estimate of drug-likeness (QED) is 0.258. The molecule has 0 spiro atoms. The molecule has 228 valence electrons. The average Bonchev–Trinajstić information content (AvgIpc) is 3.50. The zero-order valence-electron chi connectivity index (χ0n) is 25.0. The van der Waals surface area contributed by atoms with Crippen molar-refractivity contribution in [1.82, 2.24) is 0 Å². The monoisotopic (exact) mass is 678 g/mol. The van der Waals surface area contributed by atoms with Gasteiger partial charge in [-0.25, -0.2) is 0 Å². The number of hydrogen-bond donors (Lipinski definition) is 0. The van der Waals surface area contributed by atoms with Gasteiger partial charge in [-0.3, -0.25) is 0 Å². The normalized spacial score (nSPS) is 18.0. The first kappa shape index (κ1) is 31.9. The van der Waals surface area contributed by atoms with Gasteiger partial charge in [0.2, 0.25) is 0 Å². The summed E-state index contributed by atoms with van der Waals surface area (Å²) in [7, 11) is 0. The van der Waals surface area contributed by atoms with E-state index in [0.717, 1.165) is 57.7 Å². The summed E-state index contributed by atoms with van der Waals surface area (Å²) < 4.78 is 95.5. The van der Waals surface area contributed by atoms with E-state index >= 15 is 0 Å². The van der Waals surface area contributed by atoms with Crippen LogP contribution in [0.4, 0.5) is 26.3 Å². The van der Waals surface area contributed by atoms with Crippen LogP contribution in [-0.2, 0) is 36.5 Å². The van der Waals surface area contributed by atoms with Gasteiger partial charge in [0.05, 0.1) is 0 Å². The molecule has 0 unspecified atom stereocenters. The van der Waals surface area contributed by atoms with E-state index in [1.807, 2.05) is 0 Å². The Kier molecular flexibility index (Phi) is 8.24. The van der Waals surface area contributed by atoms with Crippen LogP contribution in [0.2, 0.25) is 0 Å². The number of fused-ring (bicyclic) bond motifs is 4. The van der Waals surface area contributed by atoms with Gasteiger partial charge in [0.1, 0.15) is 0 Å². The van der Waals surface area contributed by atoms with E-state index in [0.29, 0.717) is 48.3 Å². The summed E-state index contributed by atoms with van der Waals surface area (Å²) in [6, 6.07) is 7.01. The van der Waals surface area contributed by atoms with E-state index in [2.05, 4.69) is 53.7 Å². The third kappa shape index (κ3) is 6.48. The second kappa shape index (κ2) is 11.1. The van der Waals surface area contributed by atoms with Crippen molar-refractivity contribution in [3.8, 4) is 11.5 Å². The second-order valence-corrected chi connectivity index (χ2v) is 14.7. The summed E-state index contributed by atoms with van der Waals surface area (Å²) in [6.45, 7) is 12.5. The van der Waals surface area contributed by atoms with Gasteiger partial charge in [-0.05, 0) is 0 Å². The van der Waals surface area contributed by atoms with Gasteiger partial charge < -0.3 is 0 Å². The standard InChI is InChI=1S/C34H36F6O2.Zr/c1-31(2,3)27-13-11-21(25-17-19(33(35,36)37)7-15-29(25)41)23(27)9-10-24-22(12-14-28(24)32(4,5)6)26-18-20(34(38,39)40)8-16-30(26)42;/h7-8,13-18,41-42H,9-12H2,1-6H3;/q;+2/p-2. The zero-order chi connectivity index (χ0) is 31.5. The molecule has 9 heteroatoms. The number of halogens is 6. The van der Waals surface area contributed by atoms with E-state index in [1.165, 1.54) is 12.1 Å². The maximum atomic E-state index is 13.9. The van der Waals surface area contributed by atoms with Crippen molar-refractivity contribution in [2.75, 3.05) is 0 Å². The molecule has 0 aromatic heterocycles. The first-order valence-corrected chi connectivity index (χ1v) is 16.2. The van der Waals surface area contributed by atoms with Crippen LogP contribution in [0.1, 0.15) is 89.5 Å². The molecule has 0 radical (unpaired) electrons. The first-order valence-electron chi connectivity index (χ1n) is 14.2. The molecule has 2 nitrogen and oxygen atoms in total. The predicted octanol–water partition coefficient (Wildman–Crippen LogP) is 11.1. The molecule has 43 heavy (non-hydrogen) atoms. The molecular weight excluding hydrogens is 646 g/mol. The Morgan fingerprint density at radius 1 is 0.558 bits per heavy atom. The van der Waals surface area contributed by atoms with Gasteiger partial charge in [-0.15, -0.1) is 0 Å². The Morgan fingerprint density at radius 2 is 0.930 bits per heavy atom. The Labute approximate surface area is 261 Å². The van der Waals surface area contributed by atoms with Crippen molar-refractivity contribution in [2.24, 2.45) is 10.8 Å². The fraction of sp³-hybridized carbons (Fsp3) is 0.412. The molecule has 0 fully saturated rings. The summed E-state index contributed by atoms with van der Waals surface area (Å²) in [6.07, 6.45) is -2.90. The van der Waals surface area contributed by atoms with Crippen LogP contribution in [0.5, 0.6) is 11.5 Å². The molecule has 1 aliphatic heterocycles. The van der Waals surface area contributed by atoms with Gasteiger partial charge in [0.15, 0.2) is 0 Å². The summed E-state index contributed by atoms with van der Waals surface area (Å²) >= 11 is -2.25. The van der Waals surface area contributed by atoms with Crippen molar-refractivity contribution in [3.63, 3.8) is 0 Å².